The minimum atomic E-state index is 0.496. The van der Waals surface area contributed by atoms with Gasteiger partial charge in [-0.2, -0.15) is 0 Å². The molecule has 60 heavy (non-hydrogen) atoms. The number of hydrogen-bond donors (Lipinski definition) is 0. The van der Waals surface area contributed by atoms with E-state index in [2.05, 4.69) is 191 Å². The summed E-state index contributed by atoms with van der Waals surface area (Å²) in [5.74, 6) is 1.68. The van der Waals surface area contributed by atoms with Crippen LogP contribution in [-0.4, -0.2) is 11.1 Å². The highest BCUT2D eigenvalue weighted by molar-refractivity contribution is 6.11. The van der Waals surface area contributed by atoms with Crippen LogP contribution in [0.15, 0.2) is 133 Å². The van der Waals surface area contributed by atoms with E-state index in [1.807, 2.05) is 0 Å². The molecular formula is C58H66N2. The second-order valence-electron chi connectivity index (χ2n) is 17.8. The van der Waals surface area contributed by atoms with Crippen molar-refractivity contribution in [3.8, 4) is 22.3 Å². The van der Waals surface area contributed by atoms with Gasteiger partial charge in [-0.3, -0.25) is 0 Å². The maximum absolute atomic E-state index is 2.57. The van der Waals surface area contributed by atoms with E-state index < -0.39 is 0 Å². The summed E-state index contributed by atoms with van der Waals surface area (Å²) >= 11 is 0. The van der Waals surface area contributed by atoms with Gasteiger partial charge in [-0.25, -0.2) is 0 Å². The second kappa shape index (κ2) is 18.5. The Bertz CT molecular complexity index is 2600. The number of para-hydroxylation sites is 1. The van der Waals surface area contributed by atoms with Crippen molar-refractivity contribution < 1.29 is 0 Å². The van der Waals surface area contributed by atoms with E-state index in [0.717, 1.165) is 19.4 Å². The first-order valence-corrected chi connectivity index (χ1v) is 23.2. The van der Waals surface area contributed by atoms with E-state index >= 15 is 0 Å². The average molecular weight is 791 g/mol. The van der Waals surface area contributed by atoms with Crippen LogP contribution in [0.2, 0.25) is 0 Å². The fraction of sp³-hybridized carbons (Fsp3) is 0.345. The molecule has 1 saturated carbocycles. The normalized spacial score (nSPS) is 14.8. The van der Waals surface area contributed by atoms with Crippen LogP contribution in [0.4, 0.5) is 11.4 Å². The van der Waals surface area contributed by atoms with Crippen molar-refractivity contribution in [3.05, 3.63) is 161 Å². The van der Waals surface area contributed by atoms with Crippen LogP contribution in [0, 0.1) is 6.92 Å². The van der Waals surface area contributed by atoms with Crippen LogP contribution in [-0.2, 0) is 6.42 Å². The van der Waals surface area contributed by atoms with Crippen LogP contribution in [0.3, 0.4) is 0 Å². The van der Waals surface area contributed by atoms with Crippen molar-refractivity contribution in [1.82, 2.24) is 4.57 Å². The van der Waals surface area contributed by atoms with Gasteiger partial charge in [0.15, 0.2) is 0 Å². The number of nitrogens with zero attached hydrogens (tertiary/aromatic N) is 2. The van der Waals surface area contributed by atoms with Crippen LogP contribution in [0.1, 0.15) is 138 Å². The van der Waals surface area contributed by atoms with Gasteiger partial charge in [0, 0.05) is 34.4 Å². The smallest absolute Gasteiger partial charge is 0.0538 e. The molecule has 1 fully saturated rings. The molecule has 0 radical (unpaired) electrons. The summed E-state index contributed by atoms with van der Waals surface area (Å²) in [6.45, 7) is 17.2. The third kappa shape index (κ3) is 8.36. The molecule has 1 heterocycles. The van der Waals surface area contributed by atoms with Crippen molar-refractivity contribution in [2.45, 2.75) is 124 Å². The van der Waals surface area contributed by atoms with Crippen LogP contribution in [0.5, 0.6) is 0 Å². The van der Waals surface area contributed by atoms with Gasteiger partial charge in [-0.15, -0.1) is 0 Å². The molecule has 1 aromatic heterocycles. The van der Waals surface area contributed by atoms with Gasteiger partial charge in [0.1, 0.15) is 0 Å². The average Bonchev–Trinajstić information content (AvgIpc) is 3.63. The number of benzene rings is 6. The minimum absolute atomic E-state index is 0.496. The summed E-state index contributed by atoms with van der Waals surface area (Å²) in [4.78, 5) is 2.57. The number of aryl methyl sites for hydroxylation is 1. The Balaban J connectivity index is 1.21. The maximum Gasteiger partial charge on any atom is 0.0538 e. The Labute approximate surface area is 361 Å². The molecule has 2 unspecified atom stereocenters. The molecule has 2 heteroatoms. The highest BCUT2D eigenvalue weighted by atomic mass is 15.1. The van der Waals surface area contributed by atoms with Gasteiger partial charge in [-0.05, 0) is 157 Å². The molecule has 0 bridgehead atoms. The number of hydrogen-bond acceptors (Lipinski definition) is 1. The van der Waals surface area contributed by atoms with E-state index in [1.54, 1.807) is 0 Å². The SMILES string of the molecule is CCCC(C)c1ccc(N(CC)c2ccc(C(C)CC)cc2C/C=C(\C)n2c3ccccc3c3cc(-c4ccccc4)ccc32)cc1-c1cc(C2CCCCC2)ccc1C. The molecule has 0 amide bonds. The van der Waals surface area contributed by atoms with Crippen molar-refractivity contribution in [2.24, 2.45) is 0 Å². The first kappa shape index (κ1) is 41.4. The second-order valence-corrected chi connectivity index (χ2v) is 17.8. The van der Waals surface area contributed by atoms with Gasteiger partial charge in [0.2, 0.25) is 0 Å². The third-order valence-electron chi connectivity index (χ3n) is 13.9. The number of anilines is 2. The summed E-state index contributed by atoms with van der Waals surface area (Å²) in [6, 6.07) is 48.7. The van der Waals surface area contributed by atoms with Crippen LogP contribution >= 0.6 is 0 Å². The maximum atomic E-state index is 2.57. The van der Waals surface area contributed by atoms with Crippen molar-refractivity contribution >= 4 is 38.9 Å². The van der Waals surface area contributed by atoms with E-state index in [-0.39, 0.29) is 0 Å². The molecule has 6 aromatic carbocycles. The largest absolute Gasteiger partial charge is 0.342 e. The highest BCUT2D eigenvalue weighted by Gasteiger charge is 2.22. The Hall–Kier alpha value is -5.34. The fourth-order valence-corrected chi connectivity index (χ4v) is 10.2. The number of allylic oxidation sites excluding steroid dienone is 2. The summed E-state index contributed by atoms with van der Waals surface area (Å²) in [5.41, 5.74) is 18.9. The lowest BCUT2D eigenvalue weighted by atomic mass is 9.81. The molecule has 8 rings (SSSR count). The molecule has 308 valence electrons. The van der Waals surface area contributed by atoms with E-state index in [9.17, 15) is 0 Å². The van der Waals surface area contributed by atoms with Crippen LogP contribution < -0.4 is 4.90 Å². The standard InChI is InChI=1S/C58H66N2/c1-8-19-41(5)51-33-32-50(39-54(51)53-37-47(28-26-42(53)6)44-20-13-11-14-21-44)59(10-3)56-34-30-46(40(4)9-2)36-49(56)29-27-43(7)60-57-25-18-17-24-52(57)55-38-48(31-35-58(55)60)45-22-15-12-16-23-45/h12,15-18,22-28,30-41,44H,8-11,13-14,19-21,29H2,1-7H3/b43-27+. The van der Waals surface area contributed by atoms with Crippen molar-refractivity contribution in [3.63, 3.8) is 0 Å². The topological polar surface area (TPSA) is 8.17 Å². The molecule has 0 N–H and O–H groups in total. The molecule has 0 spiro atoms. The van der Waals surface area contributed by atoms with E-state index in [4.69, 9.17) is 0 Å². The fourth-order valence-electron chi connectivity index (χ4n) is 10.2. The quantitative estimate of drug-likeness (QED) is 0.107. The first-order valence-electron chi connectivity index (χ1n) is 23.2. The summed E-state index contributed by atoms with van der Waals surface area (Å²) in [7, 11) is 0. The summed E-state index contributed by atoms with van der Waals surface area (Å²) < 4.78 is 2.47. The molecule has 2 atom stereocenters. The Morgan fingerprint density at radius 3 is 2.23 bits per heavy atom. The third-order valence-corrected chi connectivity index (χ3v) is 13.9. The number of rotatable bonds is 14. The molecule has 1 aliphatic rings. The zero-order valence-corrected chi connectivity index (χ0v) is 37.4. The number of aromatic nitrogens is 1. The van der Waals surface area contributed by atoms with Gasteiger partial charge in [-0.1, -0.05) is 150 Å². The van der Waals surface area contributed by atoms with Gasteiger partial charge in [0.25, 0.3) is 0 Å². The number of fused-ring (bicyclic) bond motifs is 3. The lowest BCUT2D eigenvalue weighted by Gasteiger charge is -2.29. The molecule has 0 saturated heterocycles. The van der Waals surface area contributed by atoms with E-state index in [1.165, 1.54) is 134 Å². The Kier molecular flexibility index (Phi) is 12.8. The predicted molar refractivity (Wildman–Crippen MR) is 262 cm³/mol. The van der Waals surface area contributed by atoms with Crippen molar-refractivity contribution in [2.75, 3.05) is 11.4 Å². The zero-order chi connectivity index (χ0) is 41.8. The van der Waals surface area contributed by atoms with E-state index in [0.29, 0.717) is 17.8 Å². The molecule has 2 nitrogen and oxygen atoms in total. The Morgan fingerprint density at radius 2 is 1.47 bits per heavy atom. The highest BCUT2D eigenvalue weighted by Crippen LogP contribution is 2.42. The van der Waals surface area contributed by atoms with Gasteiger partial charge in [0.05, 0.1) is 11.0 Å². The lowest BCUT2D eigenvalue weighted by molar-refractivity contribution is 0.443. The zero-order valence-electron chi connectivity index (χ0n) is 37.4. The van der Waals surface area contributed by atoms with Gasteiger partial charge >= 0.3 is 0 Å². The summed E-state index contributed by atoms with van der Waals surface area (Å²) in [6.07, 6.45) is 13.5. The lowest BCUT2D eigenvalue weighted by Crippen LogP contribution is -2.18. The Morgan fingerprint density at radius 1 is 0.700 bits per heavy atom. The molecule has 0 aliphatic heterocycles. The summed E-state index contributed by atoms with van der Waals surface area (Å²) in [5, 5.41) is 2.59. The van der Waals surface area contributed by atoms with Gasteiger partial charge < -0.3 is 9.47 Å². The molecule has 7 aromatic rings. The van der Waals surface area contributed by atoms with Crippen molar-refractivity contribution in [1.29, 1.82) is 0 Å². The monoisotopic (exact) mass is 791 g/mol. The van der Waals surface area contributed by atoms with Crippen LogP contribution in [0.25, 0.3) is 49.8 Å². The molecular weight excluding hydrogens is 725 g/mol. The minimum Gasteiger partial charge on any atom is -0.342 e. The predicted octanol–water partition coefficient (Wildman–Crippen LogP) is 17.2. The first-order chi connectivity index (χ1) is 29.3. The molecule has 1 aliphatic carbocycles.